The van der Waals surface area contributed by atoms with Crippen LogP contribution in [0.15, 0.2) is 14.1 Å². The first-order valence-corrected chi connectivity index (χ1v) is 9.50. The fourth-order valence-corrected chi connectivity index (χ4v) is 6.51. The minimum absolute atomic E-state index is 0.127. The van der Waals surface area contributed by atoms with Gasteiger partial charge in [-0.15, -0.1) is 11.3 Å². The van der Waals surface area contributed by atoms with Gasteiger partial charge in [0.1, 0.15) is 4.21 Å². The molecule has 0 spiro atoms. The maximum atomic E-state index is 12.7. The van der Waals surface area contributed by atoms with Crippen LogP contribution < -0.4 is 5.73 Å². The molecule has 20 heavy (non-hydrogen) atoms. The summed E-state index contributed by atoms with van der Waals surface area (Å²) < 4.78 is 27.2. The molecular weight excluding hydrogens is 388 g/mol. The van der Waals surface area contributed by atoms with Crippen molar-refractivity contribution in [3.8, 4) is 0 Å². The highest BCUT2D eigenvalue weighted by Gasteiger charge is 2.35. The maximum Gasteiger partial charge on any atom is 0.253 e. The molecule has 1 aliphatic rings. The Morgan fingerprint density at radius 3 is 2.55 bits per heavy atom. The van der Waals surface area contributed by atoms with E-state index in [0.717, 1.165) is 37.0 Å². The molecule has 0 bridgehead atoms. The predicted octanol–water partition coefficient (Wildman–Crippen LogP) is 2.58. The van der Waals surface area contributed by atoms with Crippen LogP contribution in [0.1, 0.15) is 25.7 Å². The van der Waals surface area contributed by atoms with E-state index < -0.39 is 15.9 Å². The van der Waals surface area contributed by atoms with Crippen molar-refractivity contribution in [1.82, 2.24) is 4.31 Å². The number of hydrogen-bond acceptors (Lipinski definition) is 4. The summed E-state index contributed by atoms with van der Waals surface area (Å²) in [6.07, 6.45) is 3.44. The Kier molecular flexibility index (Phi) is 5.12. The number of carbonyl (C=O) groups excluding carboxylic acids is 1. The highest BCUT2D eigenvalue weighted by Crippen LogP contribution is 2.37. The minimum Gasteiger partial charge on any atom is -0.369 e. The third kappa shape index (κ3) is 3.36. The zero-order chi connectivity index (χ0) is 14.9. The van der Waals surface area contributed by atoms with Crippen molar-refractivity contribution in [3.63, 3.8) is 0 Å². The molecule has 0 unspecified atom stereocenters. The van der Waals surface area contributed by atoms with Crippen molar-refractivity contribution in [3.05, 3.63) is 14.9 Å². The highest BCUT2D eigenvalue weighted by atomic mass is 79.9. The monoisotopic (exact) mass is 400 g/mol. The zero-order valence-electron chi connectivity index (χ0n) is 10.5. The molecule has 2 rings (SSSR count). The van der Waals surface area contributed by atoms with Gasteiger partial charge in [0.25, 0.3) is 10.0 Å². The van der Waals surface area contributed by atoms with Gasteiger partial charge in [0, 0.05) is 6.04 Å². The molecule has 1 amide bonds. The highest BCUT2D eigenvalue weighted by molar-refractivity contribution is 9.11. The number of sulfonamides is 1. The molecular formula is C11H14BrClN2O3S2. The van der Waals surface area contributed by atoms with E-state index in [2.05, 4.69) is 15.9 Å². The summed E-state index contributed by atoms with van der Waals surface area (Å²) in [5.41, 5.74) is 5.19. The van der Waals surface area contributed by atoms with Crippen LogP contribution in [-0.4, -0.2) is 31.2 Å². The SMILES string of the molecule is NC(=O)CN(C1CCCC1)S(=O)(=O)c1cc(Cl)c(Br)s1. The number of rotatable bonds is 5. The van der Waals surface area contributed by atoms with Crippen molar-refractivity contribution in [2.75, 3.05) is 6.54 Å². The average Bonchev–Trinajstić information content (AvgIpc) is 2.97. The number of hydrogen-bond donors (Lipinski definition) is 1. The van der Waals surface area contributed by atoms with Gasteiger partial charge < -0.3 is 5.73 Å². The van der Waals surface area contributed by atoms with Crippen LogP contribution in [0.25, 0.3) is 0 Å². The molecule has 1 saturated carbocycles. The van der Waals surface area contributed by atoms with Crippen molar-refractivity contribution >= 4 is 54.8 Å². The molecule has 0 radical (unpaired) electrons. The lowest BCUT2D eigenvalue weighted by Crippen LogP contribution is -2.43. The molecule has 1 aromatic heterocycles. The summed E-state index contributed by atoms with van der Waals surface area (Å²) in [6.45, 7) is -0.292. The minimum atomic E-state index is -3.74. The standard InChI is InChI=1S/C11H14BrClN2O3S2/c12-11-8(13)5-10(19-11)20(17,18)15(6-9(14)16)7-3-1-2-4-7/h5,7H,1-4,6H2,(H2,14,16). The zero-order valence-corrected chi connectivity index (χ0v) is 14.5. The van der Waals surface area contributed by atoms with Gasteiger partial charge in [-0.1, -0.05) is 24.4 Å². The third-order valence-electron chi connectivity index (χ3n) is 3.23. The number of nitrogens with two attached hydrogens (primary N) is 1. The lowest BCUT2D eigenvalue weighted by Gasteiger charge is -2.26. The molecule has 1 fully saturated rings. The van der Waals surface area contributed by atoms with Gasteiger partial charge >= 0.3 is 0 Å². The van der Waals surface area contributed by atoms with Gasteiger partial charge in [0.2, 0.25) is 5.91 Å². The van der Waals surface area contributed by atoms with Crippen LogP contribution >= 0.6 is 38.9 Å². The summed E-state index contributed by atoms with van der Waals surface area (Å²) >= 11 is 10.1. The van der Waals surface area contributed by atoms with Gasteiger partial charge in [-0.05, 0) is 34.8 Å². The summed E-state index contributed by atoms with van der Waals surface area (Å²) in [7, 11) is -3.74. The number of primary amides is 1. The van der Waals surface area contributed by atoms with E-state index in [9.17, 15) is 13.2 Å². The van der Waals surface area contributed by atoms with Crippen molar-refractivity contribution in [2.24, 2.45) is 5.73 Å². The van der Waals surface area contributed by atoms with Gasteiger partial charge in [0.05, 0.1) is 15.4 Å². The van der Waals surface area contributed by atoms with Crippen LogP contribution in [0.4, 0.5) is 0 Å². The van der Waals surface area contributed by atoms with Crippen LogP contribution in [0.3, 0.4) is 0 Å². The molecule has 0 aliphatic heterocycles. The quantitative estimate of drug-likeness (QED) is 0.823. The Morgan fingerprint density at radius 2 is 2.10 bits per heavy atom. The van der Waals surface area contributed by atoms with Crippen LogP contribution in [0, 0.1) is 0 Å². The lowest BCUT2D eigenvalue weighted by molar-refractivity contribution is -0.118. The second-order valence-electron chi connectivity index (χ2n) is 4.64. The summed E-state index contributed by atoms with van der Waals surface area (Å²) in [5.74, 6) is -0.651. The topological polar surface area (TPSA) is 80.5 Å². The van der Waals surface area contributed by atoms with E-state index in [-0.39, 0.29) is 16.8 Å². The maximum absolute atomic E-state index is 12.7. The van der Waals surface area contributed by atoms with E-state index in [1.807, 2.05) is 0 Å². The number of carbonyl (C=O) groups is 1. The smallest absolute Gasteiger partial charge is 0.253 e. The Hall–Kier alpha value is -0.150. The first-order valence-electron chi connectivity index (χ1n) is 6.07. The van der Waals surface area contributed by atoms with E-state index in [1.165, 1.54) is 10.4 Å². The Balaban J connectivity index is 2.37. The molecule has 2 N–H and O–H groups in total. The van der Waals surface area contributed by atoms with Crippen LogP contribution in [-0.2, 0) is 14.8 Å². The molecule has 1 aromatic rings. The molecule has 0 atom stereocenters. The molecule has 1 heterocycles. The van der Waals surface area contributed by atoms with E-state index in [4.69, 9.17) is 17.3 Å². The van der Waals surface area contributed by atoms with Gasteiger partial charge in [-0.2, -0.15) is 4.31 Å². The number of nitrogens with zero attached hydrogens (tertiary/aromatic N) is 1. The van der Waals surface area contributed by atoms with Crippen molar-refractivity contribution in [2.45, 2.75) is 35.9 Å². The van der Waals surface area contributed by atoms with Crippen LogP contribution in [0.2, 0.25) is 5.02 Å². The van der Waals surface area contributed by atoms with E-state index >= 15 is 0 Å². The van der Waals surface area contributed by atoms with Gasteiger partial charge in [0.15, 0.2) is 0 Å². The van der Waals surface area contributed by atoms with Crippen molar-refractivity contribution in [1.29, 1.82) is 0 Å². The van der Waals surface area contributed by atoms with E-state index in [0.29, 0.717) is 8.81 Å². The summed E-state index contributed by atoms with van der Waals surface area (Å²) in [6, 6.07) is 1.24. The summed E-state index contributed by atoms with van der Waals surface area (Å²) in [5, 5.41) is 0.346. The Morgan fingerprint density at radius 1 is 1.50 bits per heavy atom. The normalized spacial score (nSPS) is 16.9. The number of halogens is 2. The Labute approximate surface area is 135 Å². The molecule has 112 valence electrons. The van der Waals surface area contributed by atoms with Crippen molar-refractivity contribution < 1.29 is 13.2 Å². The second-order valence-corrected chi connectivity index (χ2v) is 9.54. The van der Waals surface area contributed by atoms with Gasteiger partial charge in [-0.3, -0.25) is 4.79 Å². The Bertz CT molecular complexity index is 592. The predicted molar refractivity (Wildman–Crippen MR) is 82.4 cm³/mol. The summed E-state index contributed by atoms with van der Waals surface area (Å²) in [4.78, 5) is 11.2. The first kappa shape index (κ1) is 16.2. The van der Waals surface area contributed by atoms with E-state index in [1.54, 1.807) is 0 Å². The third-order valence-corrected chi connectivity index (χ3v) is 8.05. The molecule has 5 nitrogen and oxygen atoms in total. The number of amides is 1. The largest absolute Gasteiger partial charge is 0.369 e. The molecule has 0 saturated heterocycles. The fraction of sp³-hybridized carbons (Fsp3) is 0.545. The van der Waals surface area contributed by atoms with Gasteiger partial charge in [-0.25, -0.2) is 8.42 Å². The first-order chi connectivity index (χ1) is 9.32. The lowest BCUT2D eigenvalue weighted by atomic mass is 10.2. The average molecular weight is 402 g/mol. The molecule has 9 heteroatoms. The number of thiophene rings is 1. The molecule has 0 aromatic carbocycles. The molecule has 1 aliphatic carbocycles. The fourth-order valence-electron chi connectivity index (χ4n) is 2.33. The second kappa shape index (κ2) is 6.31. The van der Waals surface area contributed by atoms with Crippen LogP contribution in [0.5, 0.6) is 0 Å².